The number of aliphatic hydroxyl groups is 1. The van der Waals surface area contributed by atoms with Crippen LogP contribution in [0, 0.1) is 0 Å². The molecule has 0 aromatic heterocycles. The predicted octanol–water partition coefficient (Wildman–Crippen LogP) is 3.81. The van der Waals surface area contributed by atoms with Crippen molar-refractivity contribution >= 4 is 29.1 Å². The minimum absolute atomic E-state index is 0.0415. The molecule has 2 aromatic carbocycles. The lowest BCUT2D eigenvalue weighted by Gasteiger charge is -2.25. The van der Waals surface area contributed by atoms with Gasteiger partial charge in [-0.25, -0.2) is 0 Å². The van der Waals surface area contributed by atoms with Gasteiger partial charge < -0.3 is 19.5 Å². The quantitative estimate of drug-likeness (QED) is 0.322. The number of methoxy groups -OCH3 is 2. The fourth-order valence-corrected chi connectivity index (χ4v) is 3.62. The summed E-state index contributed by atoms with van der Waals surface area (Å²) in [6, 6.07) is 12.9. The standard InChI is InChI=1S/C22H22ClNO5/c1-28-12-4-11-24-19(15-5-3-6-16(23)13-15)18(21(26)22(24)27)20(25)14-7-9-17(29-2)10-8-14/h3,5-10,13,19,25H,4,11-12H2,1-2H3/t19-/m1/s1. The minimum atomic E-state index is -0.729. The van der Waals surface area contributed by atoms with Crippen LogP contribution in [0.5, 0.6) is 5.75 Å². The van der Waals surface area contributed by atoms with E-state index in [1.54, 1.807) is 62.8 Å². The average molecular weight is 416 g/mol. The molecule has 6 nitrogen and oxygen atoms in total. The van der Waals surface area contributed by atoms with Crippen molar-refractivity contribution in [3.63, 3.8) is 0 Å². The zero-order valence-electron chi connectivity index (χ0n) is 16.2. The Kier molecular flexibility index (Phi) is 6.56. The second kappa shape index (κ2) is 9.11. The van der Waals surface area contributed by atoms with Crippen molar-refractivity contribution in [3.05, 3.63) is 70.3 Å². The van der Waals surface area contributed by atoms with E-state index in [1.807, 2.05) is 0 Å². The Labute approximate surface area is 174 Å². The summed E-state index contributed by atoms with van der Waals surface area (Å²) < 4.78 is 10.2. The third-order valence-corrected chi connectivity index (χ3v) is 5.05. The first kappa shape index (κ1) is 20.9. The van der Waals surface area contributed by atoms with E-state index in [9.17, 15) is 14.7 Å². The molecule has 3 rings (SSSR count). The summed E-state index contributed by atoms with van der Waals surface area (Å²) in [6.45, 7) is 0.763. The molecule has 0 bridgehead atoms. The van der Waals surface area contributed by atoms with E-state index in [0.717, 1.165) is 0 Å². The molecule has 0 radical (unpaired) electrons. The molecule has 1 heterocycles. The van der Waals surface area contributed by atoms with Crippen molar-refractivity contribution < 1.29 is 24.2 Å². The predicted molar refractivity (Wildman–Crippen MR) is 110 cm³/mol. The molecular weight excluding hydrogens is 394 g/mol. The van der Waals surface area contributed by atoms with Crippen LogP contribution in [0.15, 0.2) is 54.1 Å². The van der Waals surface area contributed by atoms with Crippen LogP contribution in [-0.4, -0.2) is 49.1 Å². The number of benzene rings is 2. The van der Waals surface area contributed by atoms with Gasteiger partial charge in [0.25, 0.3) is 11.7 Å². The van der Waals surface area contributed by atoms with Gasteiger partial charge in [-0.3, -0.25) is 9.59 Å². The highest BCUT2D eigenvalue weighted by atomic mass is 35.5. The first-order valence-corrected chi connectivity index (χ1v) is 9.53. The number of likely N-dealkylation sites (tertiary alicyclic amines) is 1. The lowest BCUT2D eigenvalue weighted by molar-refractivity contribution is -0.140. The Balaban J connectivity index is 2.10. The van der Waals surface area contributed by atoms with Crippen LogP contribution in [-0.2, 0) is 14.3 Å². The van der Waals surface area contributed by atoms with Gasteiger partial charge in [0.2, 0.25) is 0 Å². The molecule has 0 saturated carbocycles. The number of rotatable bonds is 7. The molecule has 2 aromatic rings. The summed E-state index contributed by atoms with van der Waals surface area (Å²) in [5, 5.41) is 11.4. The van der Waals surface area contributed by atoms with E-state index in [0.29, 0.717) is 41.5 Å². The van der Waals surface area contributed by atoms with Crippen LogP contribution < -0.4 is 4.74 Å². The van der Waals surface area contributed by atoms with E-state index in [2.05, 4.69) is 0 Å². The largest absolute Gasteiger partial charge is 0.507 e. The number of carbonyl (C=O) groups is 2. The molecule has 0 aliphatic carbocycles. The molecule has 0 spiro atoms. The molecule has 1 aliphatic rings. The van der Waals surface area contributed by atoms with Crippen LogP contribution in [0.25, 0.3) is 5.76 Å². The van der Waals surface area contributed by atoms with E-state index in [1.165, 1.54) is 4.90 Å². The number of Topliss-reactive ketones (excluding diaryl/α,β-unsaturated/α-hetero) is 1. The monoisotopic (exact) mass is 415 g/mol. The number of amides is 1. The van der Waals surface area contributed by atoms with Crippen molar-refractivity contribution in [2.75, 3.05) is 27.4 Å². The first-order valence-electron chi connectivity index (χ1n) is 9.15. The van der Waals surface area contributed by atoms with Gasteiger partial charge in [-0.2, -0.15) is 0 Å². The van der Waals surface area contributed by atoms with Gasteiger partial charge in [-0.05, 0) is 48.4 Å². The second-order valence-corrected chi connectivity index (χ2v) is 7.06. The molecule has 1 amide bonds. The molecule has 0 unspecified atom stereocenters. The summed E-state index contributed by atoms with van der Waals surface area (Å²) >= 11 is 6.15. The highest BCUT2D eigenvalue weighted by Gasteiger charge is 2.45. The Morgan fingerprint density at radius 1 is 1.14 bits per heavy atom. The highest BCUT2D eigenvalue weighted by Crippen LogP contribution is 2.40. The number of ketones is 1. The van der Waals surface area contributed by atoms with Crippen LogP contribution in [0.1, 0.15) is 23.6 Å². The molecule has 1 N–H and O–H groups in total. The SMILES string of the molecule is COCCCN1C(=O)C(=O)C(=C(O)c2ccc(OC)cc2)[C@H]1c1cccc(Cl)c1. The molecule has 7 heteroatoms. The van der Waals surface area contributed by atoms with E-state index < -0.39 is 17.7 Å². The van der Waals surface area contributed by atoms with Gasteiger partial charge in [0, 0.05) is 30.8 Å². The van der Waals surface area contributed by atoms with E-state index in [-0.39, 0.29) is 11.3 Å². The van der Waals surface area contributed by atoms with Crippen molar-refractivity contribution in [1.29, 1.82) is 0 Å². The van der Waals surface area contributed by atoms with Gasteiger partial charge in [0.1, 0.15) is 11.5 Å². The summed E-state index contributed by atoms with van der Waals surface area (Å²) in [6.07, 6.45) is 0.559. The van der Waals surface area contributed by atoms with Crippen molar-refractivity contribution in [2.45, 2.75) is 12.5 Å². The van der Waals surface area contributed by atoms with Gasteiger partial charge in [-0.1, -0.05) is 23.7 Å². The number of hydrogen-bond donors (Lipinski definition) is 1. The van der Waals surface area contributed by atoms with Crippen LogP contribution in [0.4, 0.5) is 0 Å². The Morgan fingerprint density at radius 3 is 2.48 bits per heavy atom. The fraction of sp³-hybridized carbons (Fsp3) is 0.273. The maximum absolute atomic E-state index is 12.9. The molecule has 1 fully saturated rings. The zero-order valence-corrected chi connectivity index (χ0v) is 17.0. The molecule has 1 atom stereocenters. The minimum Gasteiger partial charge on any atom is -0.507 e. The van der Waals surface area contributed by atoms with Gasteiger partial charge >= 0.3 is 0 Å². The van der Waals surface area contributed by atoms with Crippen LogP contribution in [0.3, 0.4) is 0 Å². The third-order valence-electron chi connectivity index (χ3n) is 4.82. The number of hydrogen-bond acceptors (Lipinski definition) is 5. The number of ether oxygens (including phenoxy) is 2. The fourth-order valence-electron chi connectivity index (χ4n) is 3.42. The molecule has 152 valence electrons. The topological polar surface area (TPSA) is 76.1 Å². The number of nitrogens with zero attached hydrogens (tertiary/aromatic N) is 1. The van der Waals surface area contributed by atoms with Gasteiger partial charge in [-0.15, -0.1) is 0 Å². The summed E-state index contributed by atoms with van der Waals surface area (Å²) in [5.74, 6) is -0.986. The molecule has 1 saturated heterocycles. The van der Waals surface area contributed by atoms with E-state index >= 15 is 0 Å². The molecule has 1 aliphatic heterocycles. The normalized spacial score (nSPS) is 18.3. The Bertz CT molecular complexity index is 938. The average Bonchev–Trinajstić information content (AvgIpc) is 2.98. The number of aliphatic hydroxyl groups excluding tert-OH is 1. The smallest absolute Gasteiger partial charge is 0.295 e. The number of halogens is 1. The lowest BCUT2D eigenvalue weighted by Crippen LogP contribution is -2.31. The summed E-state index contributed by atoms with van der Waals surface area (Å²) in [4.78, 5) is 27.1. The summed E-state index contributed by atoms with van der Waals surface area (Å²) in [7, 11) is 3.12. The maximum atomic E-state index is 12.9. The summed E-state index contributed by atoms with van der Waals surface area (Å²) in [5.41, 5.74) is 1.12. The van der Waals surface area contributed by atoms with Crippen molar-refractivity contribution in [3.8, 4) is 5.75 Å². The number of carbonyl (C=O) groups excluding carboxylic acids is 2. The van der Waals surface area contributed by atoms with Crippen LogP contribution >= 0.6 is 11.6 Å². The molecular formula is C22H22ClNO5. The Morgan fingerprint density at radius 2 is 1.86 bits per heavy atom. The highest BCUT2D eigenvalue weighted by molar-refractivity contribution is 6.46. The third kappa shape index (κ3) is 4.28. The van der Waals surface area contributed by atoms with E-state index in [4.69, 9.17) is 21.1 Å². The van der Waals surface area contributed by atoms with Gasteiger partial charge in [0.15, 0.2) is 0 Å². The first-order chi connectivity index (χ1) is 14.0. The van der Waals surface area contributed by atoms with Crippen molar-refractivity contribution in [1.82, 2.24) is 4.90 Å². The molecule has 29 heavy (non-hydrogen) atoms. The van der Waals surface area contributed by atoms with Crippen LogP contribution in [0.2, 0.25) is 5.02 Å². The maximum Gasteiger partial charge on any atom is 0.295 e. The van der Waals surface area contributed by atoms with Gasteiger partial charge in [0.05, 0.1) is 18.7 Å². The lowest BCUT2D eigenvalue weighted by atomic mass is 9.95. The Hall–Kier alpha value is -2.83. The van der Waals surface area contributed by atoms with Crippen molar-refractivity contribution in [2.24, 2.45) is 0 Å². The second-order valence-electron chi connectivity index (χ2n) is 6.62. The zero-order chi connectivity index (χ0) is 21.0.